The van der Waals surface area contributed by atoms with Crippen molar-refractivity contribution in [2.75, 3.05) is 33.1 Å². The molecule has 17 heavy (non-hydrogen) atoms. The zero-order chi connectivity index (χ0) is 13.1. The SMILES string of the molecule is COCC(C)(O)CC1CCCN(S(C)(=O)=O)C1. The first kappa shape index (κ1) is 14.9. The van der Waals surface area contributed by atoms with E-state index in [0.717, 1.165) is 12.8 Å². The molecular formula is C11H23NO4S. The van der Waals surface area contributed by atoms with Gasteiger partial charge in [-0.05, 0) is 32.1 Å². The van der Waals surface area contributed by atoms with Crippen LogP contribution in [0.2, 0.25) is 0 Å². The van der Waals surface area contributed by atoms with Gasteiger partial charge in [0.15, 0.2) is 0 Å². The summed E-state index contributed by atoms with van der Waals surface area (Å²) in [6, 6.07) is 0. The highest BCUT2D eigenvalue weighted by atomic mass is 32.2. The van der Waals surface area contributed by atoms with E-state index < -0.39 is 15.6 Å². The Kier molecular flexibility index (Phi) is 4.95. The molecule has 0 amide bonds. The summed E-state index contributed by atoms with van der Waals surface area (Å²) in [5, 5.41) is 10.1. The third-order valence-electron chi connectivity index (χ3n) is 3.13. The first-order chi connectivity index (χ1) is 7.74. The Morgan fingerprint density at radius 3 is 2.71 bits per heavy atom. The quantitative estimate of drug-likeness (QED) is 0.783. The maximum atomic E-state index is 11.5. The zero-order valence-electron chi connectivity index (χ0n) is 10.8. The van der Waals surface area contributed by atoms with Gasteiger partial charge < -0.3 is 9.84 Å². The van der Waals surface area contributed by atoms with E-state index in [-0.39, 0.29) is 12.5 Å². The summed E-state index contributed by atoms with van der Waals surface area (Å²) in [6.45, 7) is 3.12. The van der Waals surface area contributed by atoms with Gasteiger partial charge >= 0.3 is 0 Å². The average Bonchev–Trinajstić information content (AvgIpc) is 2.15. The van der Waals surface area contributed by atoms with E-state index in [2.05, 4.69) is 0 Å². The second-order valence-corrected chi connectivity index (χ2v) is 7.25. The molecule has 0 aromatic carbocycles. The van der Waals surface area contributed by atoms with E-state index in [1.165, 1.54) is 10.6 Å². The van der Waals surface area contributed by atoms with Crippen molar-refractivity contribution in [3.05, 3.63) is 0 Å². The van der Waals surface area contributed by atoms with E-state index in [1.807, 2.05) is 0 Å². The number of piperidine rings is 1. The highest BCUT2D eigenvalue weighted by molar-refractivity contribution is 7.88. The van der Waals surface area contributed by atoms with Gasteiger partial charge in [-0.15, -0.1) is 0 Å². The molecular weight excluding hydrogens is 242 g/mol. The molecule has 1 aliphatic rings. The normalized spacial score (nSPS) is 26.7. The minimum absolute atomic E-state index is 0.212. The number of hydrogen-bond donors (Lipinski definition) is 1. The molecule has 1 heterocycles. The van der Waals surface area contributed by atoms with Crippen molar-refractivity contribution < 1.29 is 18.3 Å². The van der Waals surface area contributed by atoms with Crippen LogP contribution in [-0.2, 0) is 14.8 Å². The number of rotatable bonds is 5. The number of ether oxygens (including phenoxy) is 1. The molecule has 1 saturated heterocycles. The summed E-state index contributed by atoms with van der Waals surface area (Å²) in [5.74, 6) is 0.212. The van der Waals surface area contributed by atoms with E-state index in [9.17, 15) is 13.5 Å². The van der Waals surface area contributed by atoms with Gasteiger partial charge in [0.2, 0.25) is 10.0 Å². The molecule has 1 N–H and O–H groups in total. The lowest BCUT2D eigenvalue weighted by Crippen LogP contribution is -2.42. The number of hydrogen-bond acceptors (Lipinski definition) is 4. The molecule has 6 heteroatoms. The summed E-state index contributed by atoms with van der Waals surface area (Å²) in [4.78, 5) is 0. The summed E-state index contributed by atoms with van der Waals surface area (Å²) in [7, 11) is -1.55. The first-order valence-electron chi connectivity index (χ1n) is 5.91. The fourth-order valence-electron chi connectivity index (χ4n) is 2.49. The molecule has 2 unspecified atom stereocenters. The Labute approximate surface area is 104 Å². The topological polar surface area (TPSA) is 66.8 Å². The highest BCUT2D eigenvalue weighted by Crippen LogP contribution is 2.26. The van der Waals surface area contributed by atoms with Crippen molar-refractivity contribution in [1.29, 1.82) is 0 Å². The molecule has 0 aromatic heterocycles. The second kappa shape index (κ2) is 5.65. The fourth-order valence-corrected chi connectivity index (χ4v) is 3.43. The Morgan fingerprint density at radius 1 is 1.53 bits per heavy atom. The van der Waals surface area contributed by atoms with Gasteiger partial charge in [-0.25, -0.2) is 12.7 Å². The van der Waals surface area contributed by atoms with Gasteiger partial charge in [-0.3, -0.25) is 0 Å². The largest absolute Gasteiger partial charge is 0.388 e. The molecule has 0 bridgehead atoms. The third-order valence-corrected chi connectivity index (χ3v) is 4.40. The third kappa shape index (κ3) is 4.91. The molecule has 0 radical (unpaired) electrons. The van der Waals surface area contributed by atoms with Crippen LogP contribution in [0.15, 0.2) is 0 Å². The Hall–Kier alpha value is -0.170. The van der Waals surface area contributed by atoms with Crippen LogP contribution < -0.4 is 0 Å². The number of nitrogens with zero attached hydrogens (tertiary/aromatic N) is 1. The van der Waals surface area contributed by atoms with Crippen molar-refractivity contribution in [3.8, 4) is 0 Å². The molecule has 102 valence electrons. The van der Waals surface area contributed by atoms with Crippen LogP contribution in [0.1, 0.15) is 26.2 Å². The number of sulfonamides is 1. The predicted molar refractivity (Wildman–Crippen MR) is 66.3 cm³/mol. The van der Waals surface area contributed by atoms with Gasteiger partial charge in [0.1, 0.15) is 0 Å². The molecule has 0 spiro atoms. The van der Waals surface area contributed by atoms with E-state index in [1.54, 1.807) is 14.0 Å². The molecule has 0 aliphatic carbocycles. The van der Waals surface area contributed by atoms with Crippen LogP contribution >= 0.6 is 0 Å². The molecule has 2 atom stereocenters. The lowest BCUT2D eigenvalue weighted by atomic mass is 9.87. The number of methoxy groups -OCH3 is 1. The summed E-state index contributed by atoms with van der Waals surface area (Å²) < 4.78 is 29.4. The summed E-state index contributed by atoms with van der Waals surface area (Å²) in [6.07, 6.45) is 3.64. The monoisotopic (exact) mass is 265 g/mol. The van der Waals surface area contributed by atoms with Gasteiger partial charge in [0, 0.05) is 20.2 Å². The molecule has 1 aliphatic heterocycles. The fraction of sp³-hybridized carbons (Fsp3) is 1.00. The summed E-state index contributed by atoms with van der Waals surface area (Å²) >= 11 is 0. The number of aliphatic hydroxyl groups is 1. The standard InChI is InChI=1S/C11H23NO4S/c1-11(13,9-16-2)7-10-5-4-6-12(8-10)17(3,14)15/h10,13H,4-9H2,1-3H3. The first-order valence-corrected chi connectivity index (χ1v) is 7.76. The van der Waals surface area contributed by atoms with Crippen LogP contribution in [0, 0.1) is 5.92 Å². The minimum atomic E-state index is -3.11. The molecule has 0 saturated carbocycles. The van der Waals surface area contributed by atoms with E-state index in [4.69, 9.17) is 4.74 Å². The molecule has 0 aromatic rings. The molecule has 1 fully saturated rings. The van der Waals surface area contributed by atoms with Crippen LogP contribution in [0.5, 0.6) is 0 Å². The van der Waals surface area contributed by atoms with Crippen LogP contribution in [0.4, 0.5) is 0 Å². The van der Waals surface area contributed by atoms with Crippen molar-refractivity contribution in [2.45, 2.75) is 31.8 Å². The van der Waals surface area contributed by atoms with Crippen molar-refractivity contribution in [3.63, 3.8) is 0 Å². The maximum Gasteiger partial charge on any atom is 0.211 e. The van der Waals surface area contributed by atoms with Crippen molar-refractivity contribution in [1.82, 2.24) is 4.31 Å². The van der Waals surface area contributed by atoms with Gasteiger partial charge in [-0.1, -0.05) is 0 Å². The van der Waals surface area contributed by atoms with Gasteiger partial charge in [0.05, 0.1) is 18.5 Å². The Bertz CT molecular complexity index is 339. The second-order valence-electron chi connectivity index (χ2n) is 5.26. The van der Waals surface area contributed by atoms with Crippen molar-refractivity contribution in [2.24, 2.45) is 5.92 Å². The van der Waals surface area contributed by atoms with E-state index >= 15 is 0 Å². The highest BCUT2D eigenvalue weighted by Gasteiger charge is 2.31. The van der Waals surface area contributed by atoms with Gasteiger partial charge in [-0.2, -0.15) is 0 Å². The van der Waals surface area contributed by atoms with E-state index in [0.29, 0.717) is 19.5 Å². The lowest BCUT2D eigenvalue weighted by Gasteiger charge is -2.34. The van der Waals surface area contributed by atoms with Crippen LogP contribution in [-0.4, -0.2) is 56.5 Å². The summed E-state index contributed by atoms with van der Waals surface area (Å²) in [5.41, 5.74) is -0.875. The van der Waals surface area contributed by atoms with Gasteiger partial charge in [0.25, 0.3) is 0 Å². The Balaban J connectivity index is 2.56. The molecule has 1 rings (SSSR count). The van der Waals surface area contributed by atoms with Crippen molar-refractivity contribution >= 4 is 10.0 Å². The van der Waals surface area contributed by atoms with Crippen LogP contribution in [0.3, 0.4) is 0 Å². The molecule has 5 nitrogen and oxygen atoms in total. The smallest absolute Gasteiger partial charge is 0.211 e. The Morgan fingerprint density at radius 2 is 2.18 bits per heavy atom. The predicted octanol–water partition coefficient (Wildman–Crippen LogP) is 0.446. The minimum Gasteiger partial charge on any atom is -0.388 e. The van der Waals surface area contributed by atoms with Crippen LogP contribution in [0.25, 0.3) is 0 Å². The average molecular weight is 265 g/mol. The zero-order valence-corrected chi connectivity index (χ0v) is 11.7. The maximum absolute atomic E-state index is 11.5. The lowest BCUT2D eigenvalue weighted by molar-refractivity contribution is -0.0376.